The summed E-state index contributed by atoms with van der Waals surface area (Å²) >= 11 is 0. The Kier molecular flexibility index (Phi) is 33.7. The first-order valence-electron chi connectivity index (χ1n) is 21.2. The average molecular weight is 756 g/mol. The second-order valence-electron chi connectivity index (χ2n) is 14.9. The Labute approximate surface area is 323 Å². The third-order valence-electron chi connectivity index (χ3n) is 10.4. The third-order valence-corrected chi connectivity index (χ3v) is 10.4. The molecule has 10 heteroatoms. The number of hydrogen-bond acceptors (Lipinski definition) is 7. The Balaban J connectivity index is 0.0000260. The summed E-state index contributed by atoms with van der Waals surface area (Å²) in [6.45, 7) is 3.24. The van der Waals surface area contributed by atoms with Crippen LogP contribution in [-0.2, 0) is 20.8 Å². The van der Waals surface area contributed by atoms with E-state index in [1.54, 1.807) is 6.20 Å². The Morgan fingerprint density at radius 1 is 0.615 bits per heavy atom. The molecule has 1 aromatic heterocycles. The number of imidazole rings is 1. The van der Waals surface area contributed by atoms with E-state index in [-0.39, 0.29) is 43.2 Å². The van der Waals surface area contributed by atoms with Crippen molar-refractivity contribution in [2.24, 2.45) is 5.73 Å². The molecule has 0 bridgehead atoms. The molecule has 1 amide bonds. The predicted octanol–water partition coefficient (Wildman–Crippen LogP) is 9.35. The molecule has 1 rings (SSSR count). The van der Waals surface area contributed by atoms with E-state index in [0.29, 0.717) is 18.5 Å². The normalized spacial score (nSPS) is 13.0. The summed E-state index contributed by atoms with van der Waals surface area (Å²) in [6.07, 6.45) is 34.6. The number of halogens is 1. The highest BCUT2D eigenvalue weighted by atomic mass is 35.5. The van der Waals surface area contributed by atoms with Gasteiger partial charge in [0.15, 0.2) is 11.6 Å². The highest BCUT2D eigenvalue weighted by molar-refractivity contribution is 5.95. The highest BCUT2D eigenvalue weighted by Crippen LogP contribution is 2.19. The second kappa shape index (κ2) is 34.9. The van der Waals surface area contributed by atoms with E-state index in [1.165, 1.54) is 122 Å². The smallest absolute Gasteiger partial charge is 0.241 e. The monoisotopic (exact) mass is 755 g/mol. The molecular weight excluding hydrogens is 676 g/mol. The van der Waals surface area contributed by atoms with Crippen LogP contribution in [0, 0.1) is 0 Å². The Morgan fingerprint density at radius 3 is 1.23 bits per heavy atom. The minimum atomic E-state index is -1.23. The van der Waals surface area contributed by atoms with Crippen LogP contribution in [0.3, 0.4) is 0 Å². The van der Waals surface area contributed by atoms with Crippen LogP contribution >= 0.6 is 12.4 Å². The van der Waals surface area contributed by atoms with Gasteiger partial charge in [0.1, 0.15) is 12.1 Å². The summed E-state index contributed by atoms with van der Waals surface area (Å²) in [7, 11) is 0. The number of nitrogens with two attached hydrogens (primary N) is 1. The first-order chi connectivity index (χ1) is 24.9. The number of amides is 1. The number of unbranched alkanes of at least 4 members (excludes halogenated alkanes) is 24. The number of aromatic amines is 1. The third kappa shape index (κ3) is 23.8. The van der Waals surface area contributed by atoms with E-state index in [0.717, 1.165) is 43.4 Å². The molecule has 2 unspecified atom stereocenters. The molecule has 3 atom stereocenters. The zero-order valence-corrected chi connectivity index (χ0v) is 34.1. The minimum Gasteiger partial charge on any atom is -0.394 e. The van der Waals surface area contributed by atoms with Gasteiger partial charge in [-0.1, -0.05) is 168 Å². The van der Waals surface area contributed by atoms with E-state index in [9.17, 15) is 24.6 Å². The standard InChI is InChI=1S/C42H78N4O5.ClH/c1-3-5-7-9-11-13-15-17-19-21-23-25-27-29-40(49)38(33-47)46(42(51)37(43)31-36-32-44-35-45-36)39(34-48)41(50)30-28-26-24-22-20-18-16-14-12-10-8-6-4-2;/h32,35,37-39,47-48H,3-31,33-34,43H2,1-2H3,(H,44,45);1H/t37-,38?,39?;/m0./s1. The van der Waals surface area contributed by atoms with Gasteiger partial charge in [-0.15, -0.1) is 12.4 Å². The summed E-state index contributed by atoms with van der Waals surface area (Å²) in [6, 6.07) is -3.52. The maximum atomic E-state index is 13.8. The van der Waals surface area contributed by atoms with Crippen molar-refractivity contribution >= 4 is 29.9 Å². The second-order valence-corrected chi connectivity index (χ2v) is 14.9. The molecule has 0 spiro atoms. The number of aliphatic hydroxyl groups excluding tert-OH is 2. The fraction of sp³-hybridized carbons (Fsp3) is 0.857. The molecule has 304 valence electrons. The lowest BCUT2D eigenvalue weighted by molar-refractivity contribution is -0.150. The van der Waals surface area contributed by atoms with Crippen LogP contribution in [-0.4, -0.2) is 73.9 Å². The van der Waals surface area contributed by atoms with Gasteiger partial charge in [0, 0.05) is 31.2 Å². The lowest BCUT2D eigenvalue weighted by atomic mass is 9.97. The van der Waals surface area contributed by atoms with Crippen molar-refractivity contribution in [3.05, 3.63) is 18.2 Å². The van der Waals surface area contributed by atoms with Gasteiger partial charge in [-0.05, 0) is 12.8 Å². The zero-order chi connectivity index (χ0) is 37.4. The number of nitrogens with one attached hydrogen (secondary N) is 1. The van der Waals surface area contributed by atoms with Gasteiger partial charge in [-0.2, -0.15) is 0 Å². The molecule has 0 aliphatic carbocycles. The number of Topliss-reactive ketones (excluding diaryl/α,β-unsaturated/α-hetero) is 2. The van der Waals surface area contributed by atoms with Gasteiger partial charge in [0.25, 0.3) is 0 Å². The van der Waals surface area contributed by atoms with E-state index in [1.807, 2.05) is 0 Å². The number of rotatable bonds is 37. The summed E-state index contributed by atoms with van der Waals surface area (Å²) in [5.74, 6) is -1.22. The molecule has 0 radical (unpaired) electrons. The molecule has 9 nitrogen and oxygen atoms in total. The number of ketones is 2. The quantitative estimate of drug-likeness (QED) is 0.0495. The van der Waals surface area contributed by atoms with E-state index in [2.05, 4.69) is 23.8 Å². The van der Waals surface area contributed by atoms with Gasteiger partial charge >= 0.3 is 0 Å². The molecule has 0 aliphatic heterocycles. The minimum absolute atomic E-state index is 0. The Bertz CT molecular complexity index is 930. The number of carbonyl (C=O) groups excluding carboxylic acids is 3. The summed E-state index contributed by atoms with van der Waals surface area (Å²) in [4.78, 5) is 48.8. The summed E-state index contributed by atoms with van der Waals surface area (Å²) < 4.78 is 0. The zero-order valence-electron chi connectivity index (χ0n) is 33.3. The SMILES string of the molecule is CCCCCCCCCCCCCCCC(=O)C(CO)N(C(=O)[C@@H](N)Cc1cnc[nH]1)C(CO)C(=O)CCCCCCCCCCCCCCC.Cl. The van der Waals surface area contributed by atoms with Crippen molar-refractivity contribution in [1.29, 1.82) is 0 Å². The number of hydrogen-bond donors (Lipinski definition) is 4. The molecule has 0 saturated heterocycles. The predicted molar refractivity (Wildman–Crippen MR) is 217 cm³/mol. The first-order valence-corrected chi connectivity index (χ1v) is 21.2. The molecule has 1 aromatic rings. The Hall–Kier alpha value is -1.81. The molecule has 1 heterocycles. The maximum Gasteiger partial charge on any atom is 0.241 e. The maximum absolute atomic E-state index is 13.8. The molecule has 0 aliphatic rings. The van der Waals surface area contributed by atoms with Crippen molar-refractivity contribution in [2.45, 2.75) is 218 Å². The van der Waals surface area contributed by atoms with Gasteiger partial charge in [0.2, 0.25) is 5.91 Å². The van der Waals surface area contributed by atoms with Gasteiger partial charge in [-0.25, -0.2) is 4.98 Å². The van der Waals surface area contributed by atoms with Crippen LogP contribution in [0.1, 0.15) is 199 Å². The van der Waals surface area contributed by atoms with E-state index < -0.39 is 37.2 Å². The lowest BCUT2D eigenvalue weighted by Gasteiger charge is -2.36. The molecule has 0 aromatic carbocycles. The van der Waals surface area contributed by atoms with Crippen LogP contribution in [0.2, 0.25) is 0 Å². The molecular formula is C42H79ClN4O5. The molecule has 52 heavy (non-hydrogen) atoms. The van der Waals surface area contributed by atoms with Crippen molar-refractivity contribution < 1.29 is 24.6 Å². The van der Waals surface area contributed by atoms with Gasteiger partial charge < -0.3 is 25.8 Å². The number of aliphatic hydroxyl groups is 2. The number of carbonyl (C=O) groups is 3. The molecule has 0 saturated carbocycles. The molecule has 0 fully saturated rings. The summed E-state index contributed by atoms with van der Waals surface area (Å²) in [5.41, 5.74) is 6.97. The summed E-state index contributed by atoms with van der Waals surface area (Å²) in [5, 5.41) is 20.8. The van der Waals surface area contributed by atoms with Crippen molar-refractivity contribution in [3.63, 3.8) is 0 Å². The van der Waals surface area contributed by atoms with Gasteiger partial charge in [-0.3, -0.25) is 14.4 Å². The van der Waals surface area contributed by atoms with Crippen molar-refractivity contribution in [1.82, 2.24) is 14.9 Å². The van der Waals surface area contributed by atoms with Crippen LogP contribution in [0.4, 0.5) is 0 Å². The van der Waals surface area contributed by atoms with E-state index in [4.69, 9.17) is 5.73 Å². The van der Waals surface area contributed by atoms with Crippen LogP contribution in [0.15, 0.2) is 12.5 Å². The molecule has 5 N–H and O–H groups in total. The van der Waals surface area contributed by atoms with Crippen LogP contribution < -0.4 is 5.73 Å². The van der Waals surface area contributed by atoms with Crippen molar-refractivity contribution in [3.8, 4) is 0 Å². The van der Waals surface area contributed by atoms with Crippen LogP contribution in [0.25, 0.3) is 0 Å². The van der Waals surface area contributed by atoms with E-state index >= 15 is 0 Å². The number of H-pyrrole nitrogens is 1. The lowest BCUT2D eigenvalue weighted by Crippen LogP contribution is -2.60. The number of nitrogens with zero attached hydrogens (tertiary/aromatic N) is 2. The fourth-order valence-electron chi connectivity index (χ4n) is 7.09. The highest BCUT2D eigenvalue weighted by Gasteiger charge is 2.39. The van der Waals surface area contributed by atoms with Crippen molar-refractivity contribution in [2.75, 3.05) is 13.2 Å². The van der Waals surface area contributed by atoms with Gasteiger partial charge in [0.05, 0.1) is 25.6 Å². The average Bonchev–Trinajstić information content (AvgIpc) is 3.64. The number of aromatic nitrogens is 2. The van der Waals surface area contributed by atoms with Crippen LogP contribution in [0.5, 0.6) is 0 Å². The largest absolute Gasteiger partial charge is 0.394 e. The first kappa shape index (κ1) is 50.2. The Morgan fingerprint density at radius 2 is 0.942 bits per heavy atom. The fourth-order valence-corrected chi connectivity index (χ4v) is 7.09. The topological polar surface area (TPSA) is 150 Å².